The summed E-state index contributed by atoms with van der Waals surface area (Å²) in [5.74, 6) is 1.00. The van der Waals surface area contributed by atoms with Gasteiger partial charge >= 0.3 is 0 Å². The first-order valence-corrected chi connectivity index (χ1v) is 9.86. The third-order valence-corrected chi connectivity index (χ3v) is 5.36. The molecule has 2 heterocycles. The second kappa shape index (κ2) is 8.07. The Morgan fingerprint density at radius 3 is 2.50 bits per heavy atom. The maximum absolute atomic E-state index is 10.7. The smallest absolute Gasteiger partial charge is 0.150 e. The van der Waals surface area contributed by atoms with Gasteiger partial charge in [0.25, 0.3) is 0 Å². The van der Waals surface area contributed by atoms with Crippen LogP contribution in [0.15, 0.2) is 42.5 Å². The summed E-state index contributed by atoms with van der Waals surface area (Å²) >= 11 is 0. The number of hydrogen-bond acceptors (Lipinski definition) is 5. The normalized spacial score (nSPS) is 15.1. The molecule has 0 amide bonds. The Labute approximate surface area is 166 Å². The first kappa shape index (κ1) is 18.6. The predicted octanol–water partition coefficient (Wildman–Crippen LogP) is 3.31. The summed E-state index contributed by atoms with van der Waals surface area (Å²) in [4.78, 5) is 25.2. The van der Waals surface area contributed by atoms with Crippen molar-refractivity contribution in [1.82, 2.24) is 14.9 Å². The molecule has 0 unspecified atom stereocenters. The standard InChI is InChI=1S/C23H26N4O/c1-17-6-7-21-22(14-17)24-18(2)23(25-21)27-11-9-26(10-12-27)16-20-5-3-4-19(15-20)8-13-28/h3-7,13-15H,8-12,16H2,1-2H3. The van der Waals surface area contributed by atoms with Crippen LogP contribution in [0, 0.1) is 13.8 Å². The summed E-state index contributed by atoms with van der Waals surface area (Å²) in [6, 6.07) is 14.6. The molecule has 2 aromatic carbocycles. The highest BCUT2D eigenvalue weighted by Crippen LogP contribution is 2.22. The number of benzene rings is 2. The van der Waals surface area contributed by atoms with Crippen LogP contribution in [0.3, 0.4) is 0 Å². The number of aryl methyl sites for hydroxylation is 2. The second-order valence-corrected chi connectivity index (χ2v) is 7.58. The van der Waals surface area contributed by atoms with E-state index in [1.54, 1.807) is 0 Å². The van der Waals surface area contributed by atoms with Gasteiger partial charge in [0.15, 0.2) is 5.82 Å². The Kier molecular flexibility index (Phi) is 5.35. The summed E-state index contributed by atoms with van der Waals surface area (Å²) in [6.07, 6.45) is 1.45. The maximum atomic E-state index is 10.7. The van der Waals surface area contributed by atoms with E-state index in [9.17, 15) is 4.79 Å². The number of aldehydes is 1. The van der Waals surface area contributed by atoms with E-state index in [4.69, 9.17) is 9.97 Å². The van der Waals surface area contributed by atoms with Crippen LogP contribution in [0.2, 0.25) is 0 Å². The molecule has 1 aliphatic heterocycles. The van der Waals surface area contributed by atoms with E-state index in [1.165, 1.54) is 11.1 Å². The zero-order chi connectivity index (χ0) is 19.5. The van der Waals surface area contributed by atoms with Gasteiger partial charge in [0.05, 0.1) is 16.7 Å². The van der Waals surface area contributed by atoms with Crippen molar-refractivity contribution in [2.45, 2.75) is 26.8 Å². The molecular formula is C23H26N4O. The van der Waals surface area contributed by atoms with E-state index >= 15 is 0 Å². The van der Waals surface area contributed by atoms with Crippen LogP contribution in [-0.4, -0.2) is 47.3 Å². The molecule has 5 nitrogen and oxygen atoms in total. The molecule has 0 saturated carbocycles. The zero-order valence-corrected chi connectivity index (χ0v) is 16.6. The molecule has 5 heteroatoms. The molecule has 1 aromatic heterocycles. The van der Waals surface area contributed by atoms with Gasteiger partial charge < -0.3 is 9.69 Å². The number of rotatable bonds is 5. The van der Waals surface area contributed by atoms with Crippen molar-refractivity contribution in [2.75, 3.05) is 31.1 Å². The molecular weight excluding hydrogens is 348 g/mol. The van der Waals surface area contributed by atoms with Gasteiger partial charge in [-0.3, -0.25) is 4.90 Å². The van der Waals surface area contributed by atoms with Gasteiger partial charge in [0, 0.05) is 39.1 Å². The Balaban J connectivity index is 1.43. The fourth-order valence-electron chi connectivity index (χ4n) is 3.87. The number of fused-ring (bicyclic) bond motifs is 1. The minimum atomic E-state index is 0.487. The molecule has 0 N–H and O–H groups in total. The quantitative estimate of drug-likeness (QED) is 0.641. The molecule has 0 bridgehead atoms. The van der Waals surface area contributed by atoms with E-state index in [0.29, 0.717) is 6.42 Å². The van der Waals surface area contributed by atoms with Crippen molar-refractivity contribution >= 4 is 23.1 Å². The largest absolute Gasteiger partial charge is 0.353 e. The lowest BCUT2D eigenvalue weighted by atomic mass is 10.1. The van der Waals surface area contributed by atoms with Crippen LogP contribution in [0.5, 0.6) is 0 Å². The van der Waals surface area contributed by atoms with Crippen molar-refractivity contribution in [3.63, 3.8) is 0 Å². The van der Waals surface area contributed by atoms with E-state index < -0.39 is 0 Å². The number of nitrogens with zero attached hydrogens (tertiary/aromatic N) is 4. The van der Waals surface area contributed by atoms with Crippen LogP contribution >= 0.6 is 0 Å². The van der Waals surface area contributed by atoms with Crippen LogP contribution < -0.4 is 4.90 Å². The molecule has 144 valence electrons. The monoisotopic (exact) mass is 374 g/mol. The van der Waals surface area contributed by atoms with Crippen molar-refractivity contribution in [3.05, 3.63) is 64.8 Å². The minimum absolute atomic E-state index is 0.487. The summed E-state index contributed by atoms with van der Waals surface area (Å²) in [5.41, 5.74) is 6.48. The van der Waals surface area contributed by atoms with Crippen LogP contribution in [0.4, 0.5) is 5.82 Å². The van der Waals surface area contributed by atoms with Crippen molar-refractivity contribution in [2.24, 2.45) is 0 Å². The van der Waals surface area contributed by atoms with E-state index in [2.05, 4.69) is 54.0 Å². The summed E-state index contributed by atoms with van der Waals surface area (Å²) in [5, 5.41) is 0. The van der Waals surface area contributed by atoms with Crippen LogP contribution in [0.25, 0.3) is 11.0 Å². The van der Waals surface area contributed by atoms with Crippen molar-refractivity contribution in [3.8, 4) is 0 Å². The molecule has 1 fully saturated rings. The Hall–Kier alpha value is -2.79. The number of carbonyl (C=O) groups is 1. The molecule has 0 radical (unpaired) electrons. The lowest BCUT2D eigenvalue weighted by Gasteiger charge is -2.36. The molecule has 0 spiro atoms. The lowest BCUT2D eigenvalue weighted by Crippen LogP contribution is -2.46. The lowest BCUT2D eigenvalue weighted by molar-refractivity contribution is -0.107. The number of anilines is 1. The fourth-order valence-corrected chi connectivity index (χ4v) is 3.87. The van der Waals surface area contributed by atoms with Crippen LogP contribution in [-0.2, 0) is 17.8 Å². The molecule has 4 rings (SSSR count). The highest BCUT2D eigenvalue weighted by molar-refractivity contribution is 5.77. The summed E-state index contributed by atoms with van der Waals surface area (Å²) in [6.45, 7) is 8.92. The Morgan fingerprint density at radius 2 is 1.71 bits per heavy atom. The second-order valence-electron chi connectivity index (χ2n) is 7.58. The number of carbonyl (C=O) groups excluding carboxylic acids is 1. The first-order valence-electron chi connectivity index (χ1n) is 9.86. The minimum Gasteiger partial charge on any atom is -0.353 e. The highest BCUT2D eigenvalue weighted by Gasteiger charge is 2.20. The molecule has 1 aliphatic rings. The molecule has 0 aliphatic carbocycles. The molecule has 1 saturated heterocycles. The number of aromatic nitrogens is 2. The molecule has 3 aromatic rings. The van der Waals surface area contributed by atoms with Crippen molar-refractivity contribution < 1.29 is 4.79 Å². The average molecular weight is 374 g/mol. The van der Waals surface area contributed by atoms with Gasteiger partial charge in [-0.1, -0.05) is 30.3 Å². The van der Waals surface area contributed by atoms with Gasteiger partial charge in [-0.05, 0) is 42.7 Å². The SMILES string of the molecule is Cc1ccc2nc(N3CCN(Cc4cccc(CC=O)c4)CC3)c(C)nc2c1. The average Bonchev–Trinajstić information content (AvgIpc) is 2.69. The van der Waals surface area contributed by atoms with Gasteiger partial charge in [0.1, 0.15) is 6.29 Å². The van der Waals surface area contributed by atoms with Crippen molar-refractivity contribution in [1.29, 1.82) is 0 Å². The van der Waals surface area contributed by atoms with Crippen LogP contribution in [0.1, 0.15) is 22.4 Å². The van der Waals surface area contributed by atoms with Gasteiger partial charge in [-0.2, -0.15) is 0 Å². The third kappa shape index (κ3) is 4.04. The Morgan fingerprint density at radius 1 is 0.929 bits per heavy atom. The van der Waals surface area contributed by atoms with Gasteiger partial charge in [-0.15, -0.1) is 0 Å². The number of hydrogen-bond donors (Lipinski definition) is 0. The molecule has 28 heavy (non-hydrogen) atoms. The summed E-state index contributed by atoms with van der Waals surface area (Å²) in [7, 11) is 0. The molecule has 0 atom stereocenters. The predicted molar refractivity (Wildman–Crippen MR) is 113 cm³/mol. The fraction of sp³-hybridized carbons (Fsp3) is 0.348. The topological polar surface area (TPSA) is 49.3 Å². The Bertz CT molecular complexity index is 993. The van der Waals surface area contributed by atoms with Gasteiger partial charge in [-0.25, -0.2) is 9.97 Å². The zero-order valence-electron chi connectivity index (χ0n) is 16.6. The van der Waals surface area contributed by atoms with E-state index in [0.717, 1.165) is 67.1 Å². The van der Waals surface area contributed by atoms with Gasteiger partial charge in [0.2, 0.25) is 0 Å². The maximum Gasteiger partial charge on any atom is 0.150 e. The third-order valence-electron chi connectivity index (χ3n) is 5.36. The van der Waals surface area contributed by atoms with E-state index in [-0.39, 0.29) is 0 Å². The summed E-state index contributed by atoms with van der Waals surface area (Å²) < 4.78 is 0. The van der Waals surface area contributed by atoms with E-state index in [1.807, 2.05) is 12.1 Å². The highest BCUT2D eigenvalue weighted by atomic mass is 16.1. The number of piperazine rings is 1. The first-order chi connectivity index (χ1) is 13.6.